The molecule has 3 aromatic rings. The number of benzene rings is 3. The van der Waals surface area contributed by atoms with Gasteiger partial charge in [-0.1, -0.05) is 78.9 Å². The summed E-state index contributed by atoms with van der Waals surface area (Å²) in [6.07, 6.45) is 3.91. The zero-order chi connectivity index (χ0) is 21.2. The Morgan fingerprint density at radius 1 is 0.900 bits per heavy atom. The van der Waals surface area contributed by atoms with Crippen molar-refractivity contribution in [1.29, 1.82) is 0 Å². The molecular weight excluding hydrogens is 372 g/mol. The molecule has 3 heteroatoms. The molecule has 0 spiro atoms. The highest BCUT2D eigenvalue weighted by atomic mass is 16.5. The van der Waals surface area contributed by atoms with Gasteiger partial charge in [-0.25, -0.2) is 0 Å². The Hall–Kier alpha value is -3.33. The van der Waals surface area contributed by atoms with Gasteiger partial charge in [0.05, 0.1) is 5.92 Å². The van der Waals surface area contributed by atoms with E-state index in [0.29, 0.717) is 19.4 Å². The van der Waals surface area contributed by atoms with Crippen LogP contribution in [-0.4, -0.2) is 11.1 Å². The van der Waals surface area contributed by atoms with Crippen molar-refractivity contribution >= 4 is 11.5 Å². The predicted octanol–water partition coefficient (Wildman–Crippen LogP) is 6.39. The fraction of sp³-hybridized carbons (Fsp3) is 0.222. The number of hydrogen-bond donors (Lipinski definition) is 1. The molecule has 0 fully saturated rings. The first kappa shape index (κ1) is 21.4. The summed E-state index contributed by atoms with van der Waals surface area (Å²) in [6, 6.07) is 28.1. The van der Waals surface area contributed by atoms with Gasteiger partial charge in [0.15, 0.2) is 0 Å². The highest BCUT2D eigenvalue weighted by Gasteiger charge is 2.16. The maximum atomic E-state index is 11.7. The van der Waals surface area contributed by atoms with E-state index < -0.39 is 11.9 Å². The zero-order valence-corrected chi connectivity index (χ0v) is 17.3. The van der Waals surface area contributed by atoms with Crippen LogP contribution >= 0.6 is 0 Å². The molecule has 3 aromatic carbocycles. The summed E-state index contributed by atoms with van der Waals surface area (Å²) < 4.78 is 5.82. The standard InChI is InChI=1S/C27H28O3/c1-21(24-10-6-3-7-11-24)12-16-25(27(28)29)17-13-22-14-18-26(19-15-22)30-20-23-8-4-2-5-9-23/h2-12,14-15,18-19,25H,13,16-17,20H2,1H3,(H,28,29)/b21-12+. The SMILES string of the molecule is C/C(=C\CC(CCc1ccc(OCc2ccccc2)cc1)C(=O)O)c1ccccc1. The molecule has 0 amide bonds. The first-order valence-electron chi connectivity index (χ1n) is 10.3. The number of ether oxygens (including phenoxy) is 1. The van der Waals surface area contributed by atoms with Gasteiger partial charge < -0.3 is 9.84 Å². The van der Waals surface area contributed by atoms with Crippen molar-refractivity contribution in [1.82, 2.24) is 0 Å². The van der Waals surface area contributed by atoms with Crippen LogP contribution < -0.4 is 4.74 Å². The van der Waals surface area contributed by atoms with Crippen LogP contribution in [0.1, 0.15) is 36.5 Å². The molecule has 0 aromatic heterocycles. The maximum absolute atomic E-state index is 11.7. The van der Waals surface area contributed by atoms with Gasteiger partial charge in [0, 0.05) is 0 Å². The molecule has 0 radical (unpaired) electrons. The summed E-state index contributed by atoms with van der Waals surface area (Å²) in [7, 11) is 0. The molecule has 0 saturated carbocycles. The molecule has 0 saturated heterocycles. The van der Waals surface area contributed by atoms with E-state index in [0.717, 1.165) is 34.4 Å². The van der Waals surface area contributed by atoms with Crippen molar-refractivity contribution in [3.8, 4) is 5.75 Å². The largest absolute Gasteiger partial charge is 0.489 e. The fourth-order valence-electron chi connectivity index (χ4n) is 3.31. The Morgan fingerprint density at radius 2 is 1.53 bits per heavy atom. The average molecular weight is 401 g/mol. The van der Waals surface area contributed by atoms with Gasteiger partial charge in [0.2, 0.25) is 0 Å². The molecule has 3 rings (SSSR count). The van der Waals surface area contributed by atoms with Crippen LogP contribution in [0, 0.1) is 5.92 Å². The van der Waals surface area contributed by atoms with Crippen molar-refractivity contribution < 1.29 is 14.6 Å². The second-order valence-corrected chi connectivity index (χ2v) is 7.48. The monoisotopic (exact) mass is 400 g/mol. The van der Waals surface area contributed by atoms with Gasteiger partial charge in [-0.15, -0.1) is 0 Å². The van der Waals surface area contributed by atoms with E-state index in [1.165, 1.54) is 0 Å². The fourth-order valence-corrected chi connectivity index (χ4v) is 3.31. The minimum Gasteiger partial charge on any atom is -0.489 e. The Labute approximate surface area is 178 Å². The van der Waals surface area contributed by atoms with E-state index in [-0.39, 0.29) is 0 Å². The second kappa shape index (κ2) is 11.0. The molecule has 0 aliphatic rings. The highest BCUT2D eigenvalue weighted by molar-refractivity contribution is 5.71. The number of aliphatic carboxylic acids is 1. The molecule has 1 N–H and O–H groups in total. The van der Waals surface area contributed by atoms with Crippen molar-refractivity contribution in [2.24, 2.45) is 5.92 Å². The lowest BCUT2D eigenvalue weighted by Gasteiger charge is -2.12. The number of rotatable bonds is 10. The van der Waals surface area contributed by atoms with E-state index in [2.05, 4.69) is 0 Å². The van der Waals surface area contributed by atoms with Crippen LogP contribution in [0.25, 0.3) is 5.57 Å². The number of carboxylic acid groups (broad SMARTS) is 1. The molecule has 3 nitrogen and oxygen atoms in total. The van der Waals surface area contributed by atoms with Gasteiger partial charge in [0.1, 0.15) is 12.4 Å². The maximum Gasteiger partial charge on any atom is 0.306 e. The van der Waals surface area contributed by atoms with Crippen molar-refractivity contribution in [2.75, 3.05) is 0 Å². The molecule has 0 aliphatic carbocycles. The van der Waals surface area contributed by atoms with E-state index in [4.69, 9.17) is 4.74 Å². The van der Waals surface area contributed by atoms with E-state index in [1.54, 1.807) is 0 Å². The molecule has 154 valence electrons. The Morgan fingerprint density at radius 3 is 2.17 bits per heavy atom. The minimum atomic E-state index is -0.741. The summed E-state index contributed by atoms with van der Waals surface area (Å²) in [4.78, 5) is 11.7. The van der Waals surface area contributed by atoms with Crippen molar-refractivity contribution in [3.63, 3.8) is 0 Å². The van der Waals surface area contributed by atoms with Gasteiger partial charge in [-0.3, -0.25) is 4.79 Å². The smallest absolute Gasteiger partial charge is 0.306 e. The van der Waals surface area contributed by atoms with Gasteiger partial charge in [0.25, 0.3) is 0 Å². The molecule has 0 aliphatic heterocycles. The average Bonchev–Trinajstić information content (AvgIpc) is 2.79. The molecular formula is C27H28O3. The summed E-state index contributed by atoms with van der Waals surface area (Å²) >= 11 is 0. The van der Waals surface area contributed by atoms with Crippen LogP contribution in [0.3, 0.4) is 0 Å². The first-order valence-corrected chi connectivity index (χ1v) is 10.3. The number of hydrogen-bond acceptors (Lipinski definition) is 2. The van der Waals surface area contributed by atoms with Crippen LogP contribution in [-0.2, 0) is 17.8 Å². The van der Waals surface area contributed by atoms with Gasteiger partial charge in [-0.05, 0) is 60.6 Å². The molecule has 1 unspecified atom stereocenters. The van der Waals surface area contributed by atoms with Crippen molar-refractivity contribution in [3.05, 3.63) is 108 Å². The van der Waals surface area contributed by atoms with E-state index in [9.17, 15) is 9.90 Å². The minimum absolute atomic E-state index is 0.391. The number of allylic oxidation sites excluding steroid dienone is 2. The number of carbonyl (C=O) groups is 1. The van der Waals surface area contributed by atoms with Crippen LogP contribution in [0.15, 0.2) is 91.0 Å². The van der Waals surface area contributed by atoms with Crippen LogP contribution in [0.4, 0.5) is 0 Å². The highest BCUT2D eigenvalue weighted by Crippen LogP contribution is 2.21. The lowest BCUT2D eigenvalue weighted by Crippen LogP contribution is -2.14. The molecule has 1 atom stereocenters. The van der Waals surface area contributed by atoms with E-state index >= 15 is 0 Å². The third-order valence-electron chi connectivity index (χ3n) is 5.24. The predicted molar refractivity (Wildman–Crippen MR) is 121 cm³/mol. The summed E-state index contributed by atoms with van der Waals surface area (Å²) in [5.74, 6) is -0.314. The Balaban J connectivity index is 1.51. The summed E-state index contributed by atoms with van der Waals surface area (Å²) in [5.41, 5.74) is 4.50. The molecule has 30 heavy (non-hydrogen) atoms. The van der Waals surface area contributed by atoms with Gasteiger partial charge >= 0.3 is 5.97 Å². The third kappa shape index (κ3) is 6.63. The Kier molecular flexibility index (Phi) is 7.85. The summed E-state index contributed by atoms with van der Waals surface area (Å²) in [6.45, 7) is 2.57. The first-order chi connectivity index (χ1) is 14.6. The second-order valence-electron chi connectivity index (χ2n) is 7.48. The zero-order valence-electron chi connectivity index (χ0n) is 17.3. The van der Waals surface area contributed by atoms with Crippen LogP contribution in [0.5, 0.6) is 5.75 Å². The lowest BCUT2D eigenvalue weighted by molar-refractivity contribution is -0.141. The summed E-state index contributed by atoms with van der Waals surface area (Å²) in [5, 5.41) is 9.61. The molecule has 0 bridgehead atoms. The van der Waals surface area contributed by atoms with E-state index in [1.807, 2.05) is 97.9 Å². The lowest BCUT2D eigenvalue weighted by atomic mass is 9.94. The van der Waals surface area contributed by atoms with Crippen LogP contribution in [0.2, 0.25) is 0 Å². The number of aryl methyl sites for hydroxylation is 1. The molecule has 0 heterocycles. The van der Waals surface area contributed by atoms with Gasteiger partial charge in [-0.2, -0.15) is 0 Å². The quantitative estimate of drug-likeness (QED) is 0.429. The topological polar surface area (TPSA) is 46.5 Å². The third-order valence-corrected chi connectivity index (χ3v) is 5.24. The van der Waals surface area contributed by atoms with Crippen molar-refractivity contribution in [2.45, 2.75) is 32.8 Å². The number of carboxylic acids is 1. The normalized spacial score (nSPS) is 12.4. The Bertz CT molecular complexity index is 944.